The summed E-state index contributed by atoms with van der Waals surface area (Å²) in [6.45, 7) is 4.10. The van der Waals surface area contributed by atoms with Gasteiger partial charge in [0.15, 0.2) is 0 Å². The molecule has 0 radical (unpaired) electrons. The molecule has 5 nitrogen and oxygen atoms in total. The molecule has 1 N–H and O–H groups in total. The average Bonchev–Trinajstić information content (AvgIpc) is 3.10. The minimum Gasteiger partial charge on any atom is -0.352 e. The lowest BCUT2D eigenvalue weighted by molar-refractivity contribution is 0.0954. The third kappa shape index (κ3) is 4.27. The molecule has 0 unspecified atom stereocenters. The molecular weight excluding hydrogens is 392 g/mol. The summed E-state index contributed by atoms with van der Waals surface area (Å²) >= 11 is 1.69. The van der Waals surface area contributed by atoms with Crippen molar-refractivity contribution >= 4 is 37.4 Å². The van der Waals surface area contributed by atoms with Crippen LogP contribution in [-0.2, 0) is 16.4 Å². The quantitative estimate of drug-likeness (QED) is 0.635. The van der Waals surface area contributed by atoms with Gasteiger partial charge in [0, 0.05) is 29.9 Å². The van der Waals surface area contributed by atoms with Crippen LogP contribution in [0.4, 0.5) is 0 Å². The Morgan fingerprint density at radius 3 is 2.64 bits per heavy atom. The highest BCUT2D eigenvalue weighted by molar-refractivity contribution is 7.89. The smallest absolute Gasteiger partial charge is 0.251 e. The summed E-state index contributed by atoms with van der Waals surface area (Å²) in [5.41, 5.74) is 1.55. The van der Waals surface area contributed by atoms with Crippen LogP contribution in [0.2, 0.25) is 0 Å². The monoisotopic (exact) mass is 416 g/mol. The lowest BCUT2D eigenvalue weighted by Crippen LogP contribution is -2.33. The van der Waals surface area contributed by atoms with Crippen LogP contribution in [0, 0.1) is 0 Å². The van der Waals surface area contributed by atoms with Gasteiger partial charge in [-0.15, -0.1) is 11.3 Å². The maximum absolute atomic E-state index is 12.6. The Bertz CT molecular complexity index is 1090. The Morgan fingerprint density at radius 2 is 1.89 bits per heavy atom. The Labute approximate surface area is 170 Å². The fourth-order valence-electron chi connectivity index (χ4n) is 2.88. The molecule has 1 heterocycles. The molecule has 1 aromatic heterocycles. The summed E-state index contributed by atoms with van der Waals surface area (Å²) in [5, 5.41) is 6.22. The van der Waals surface area contributed by atoms with Gasteiger partial charge in [-0.1, -0.05) is 24.3 Å². The number of amides is 1. The molecule has 0 aliphatic carbocycles. The topological polar surface area (TPSA) is 66.5 Å². The van der Waals surface area contributed by atoms with E-state index in [1.54, 1.807) is 23.5 Å². The molecule has 3 aromatic rings. The maximum atomic E-state index is 12.6. The van der Waals surface area contributed by atoms with E-state index in [0.29, 0.717) is 12.1 Å². The van der Waals surface area contributed by atoms with Crippen LogP contribution in [0.3, 0.4) is 0 Å². The molecule has 7 heteroatoms. The molecule has 2 aromatic carbocycles. The first-order valence-electron chi connectivity index (χ1n) is 9.12. The summed E-state index contributed by atoms with van der Waals surface area (Å²) in [6, 6.07) is 14.2. The highest BCUT2D eigenvalue weighted by atomic mass is 32.2. The van der Waals surface area contributed by atoms with Crippen LogP contribution in [-0.4, -0.2) is 38.3 Å². The molecule has 0 bridgehead atoms. The van der Waals surface area contributed by atoms with E-state index in [9.17, 15) is 13.2 Å². The number of sulfonamides is 1. The summed E-state index contributed by atoms with van der Waals surface area (Å²) in [6.07, 6.45) is 0.726. The second-order valence-electron chi connectivity index (χ2n) is 6.91. The number of carbonyl (C=O) groups excluding carboxylic acids is 1. The van der Waals surface area contributed by atoms with Crippen molar-refractivity contribution in [2.45, 2.75) is 31.2 Å². The standard InChI is InChI=1S/C21H24N2O3S2/c1-15(2)23(3)28(25,26)18-8-6-7-16(13-18)21(24)22-12-11-17-14-27-20-10-5-4-9-19(17)20/h4-10,13-15H,11-12H2,1-3H3,(H,22,24). The molecule has 0 aliphatic rings. The number of benzene rings is 2. The molecule has 148 valence electrons. The van der Waals surface area contributed by atoms with Crippen molar-refractivity contribution in [3.63, 3.8) is 0 Å². The van der Waals surface area contributed by atoms with Gasteiger partial charge in [0.2, 0.25) is 10.0 Å². The van der Waals surface area contributed by atoms with E-state index in [2.05, 4.69) is 22.8 Å². The van der Waals surface area contributed by atoms with Gasteiger partial charge in [-0.25, -0.2) is 8.42 Å². The molecule has 0 saturated heterocycles. The molecular formula is C21H24N2O3S2. The van der Waals surface area contributed by atoms with Crippen molar-refractivity contribution in [2.24, 2.45) is 0 Å². The third-order valence-electron chi connectivity index (χ3n) is 4.74. The largest absolute Gasteiger partial charge is 0.352 e. The first-order valence-corrected chi connectivity index (χ1v) is 11.4. The summed E-state index contributed by atoms with van der Waals surface area (Å²) in [5.74, 6) is -0.274. The van der Waals surface area contributed by atoms with Gasteiger partial charge in [0.1, 0.15) is 0 Å². The number of nitrogens with zero attached hydrogens (tertiary/aromatic N) is 1. The van der Waals surface area contributed by atoms with Crippen LogP contribution in [0.5, 0.6) is 0 Å². The normalized spacial score (nSPS) is 12.0. The van der Waals surface area contributed by atoms with Crippen LogP contribution in [0.25, 0.3) is 10.1 Å². The van der Waals surface area contributed by atoms with E-state index in [4.69, 9.17) is 0 Å². The van der Waals surface area contributed by atoms with Crippen LogP contribution in [0.15, 0.2) is 58.8 Å². The Kier molecular flexibility index (Phi) is 6.17. The highest BCUT2D eigenvalue weighted by Crippen LogP contribution is 2.25. The SMILES string of the molecule is CC(C)N(C)S(=O)(=O)c1cccc(C(=O)NCCc2csc3ccccc23)c1. The summed E-state index contributed by atoms with van der Waals surface area (Å²) in [4.78, 5) is 12.6. The van der Waals surface area contributed by atoms with Crippen molar-refractivity contribution in [1.82, 2.24) is 9.62 Å². The van der Waals surface area contributed by atoms with Crippen molar-refractivity contribution < 1.29 is 13.2 Å². The molecule has 0 saturated carbocycles. The lowest BCUT2D eigenvalue weighted by atomic mass is 10.1. The van der Waals surface area contributed by atoms with Gasteiger partial charge in [-0.2, -0.15) is 4.31 Å². The van der Waals surface area contributed by atoms with Crippen molar-refractivity contribution in [3.05, 3.63) is 65.0 Å². The van der Waals surface area contributed by atoms with Crippen LogP contribution >= 0.6 is 11.3 Å². The van der Waals surface area contributed by atoms with E-state index in [1.165, 1.54) is 39.1 Å². The molecule has 1 amide bonds. The molecule has 0 fully saturated rings. The van der Waals surface area contributed by atoms with E-state index < -0.39 is 10.0 Å². The Morgan fingerprint density at radius 1 is 1.14 bits per heavy atom. The predicted octanol–water partition coefficient (Wildman–Crippen LogP) is 3.90. The van der Waals surface area contributed by atoms with Gasteiger partial charge < -0.3 is 5.32 Å². The van der Waals surface area contributed by atoms with Crippen molar-refractivity contribution in [1.29, 1.82) is 0 Å². The zero-order valence-corrected chi connectivity index (χ0v) is 17.8. The lowest BCUT2D eigenvalue weighted by Gasteiger charge is -2.21. The van der Waals surface area contributed by atoms with Gasteiger partial charge in [0.05, 0.1) is 4.90 Å². The molecule has 0 atom stereocenters. The second kappa shape index (κ2) is 8.43. The molecule has 0 spiro atoms. The fraction of sp³-hybridized carbons (Fsp3) is 0.286. The molecule has 0 aliphatic heterocycles. The number of rotatable bonds is 7. The maximum Gasteiger partial charge on any atom is 0.251 e. The van der Waals surface area contributed by atoms with E-state index in [-0.39, 0.29) is 16.8 Å². The minimum atomic E-state index is -3.62. The minimum absolute atomic E-state index is 0.125. The fourth-order valence-corrected chi connectivity index (χ4v) is 5.29. The first-order chi connectivity index (χ1) is 13.3. The summed E-state index contributed by atoms with van der Waals surface area (Å²) in [7, 11) is -2.08. The first kappa shape index (κ1) is 20.5. The summed E-state index contributed by atoms with van der Waals surface area (Å²) < 4.78 is 27.8. The Hall–Kier alpha value is -2.22. The average molecular weight is 417 g/mol. The number of carbonyl (C=O) groups is 1. The highest BCUT2D eigenvalue weighted by Gasteiger charge is 2.23. The van der Waals surface area contributed by atoms with Crippen molar-refractivity contribution in [2.75, 3.05) is 13.6 Å². The zero-order valence-electron chi connectivity index (χ0n) is 16.2. The van der Waals surface area contributed by atoms with Crippen LogP contribution < -0.4 is 5.32 Å². The van der Waals surface area contributed by atoms with E-state index >= 15 is 0 Å². The number of hydrogen-bond acceptors (Lipinski definition) is 4. The van der Waals surface area contributed by atoms with Crippen molar-refractivity contribution in [3.8, 4) is 0 Å². The van der Waals surface area contributed by atoms with E-state index in [0.717, 1.165) is 6.42 Å². The van der Waals surface area contributed by atoms with Gasteiger partial charge in [-0.05, 0) is 60.9 Å². The predicted molar refractivity (Wildman–Crippen MR) is 114 cm³/mol. The number of hydrogen-bond donors (Lipinski definition) is 1. The van der Waals surface area contributed by atoms with Gasteiger partial charge >= 0.3 is 0 Å². The van der Waals surface area contributed by atoms with Gasteiger partial charge in [-0.3, -0.25) is 4.79 Å². The van der Waals surface area contributed by atoms with E-state index in [1.807, 2.05) is 26.0 Å². The third-order valence-corrected chi connectivity index (χ3v) is 7.78. The van der Waals surface area contributed by atoms with Gasteiger partial charge in [0.25, 0.3) is 5.91 Å². The molecule has 28 heavy (non-hydrogen) atoms. The number of fused-ring (bicyclic) bond motifs is 1. The zero-order chi connectivity index (χ0) is 20.3. The second-order valence-corrected chi connectivity index (χ2v) is 9.81. The van der Waals surface area contributed by atoms with Crippen LogP contribution in [0.1, 0.15) is 29.8 Å². The number of thiophene rings is 1. The number of nitrogens with one attached hydrogen (secondary N) is 1. The Balaban J connectivity index is 1.68. The molecule has 3 rings (SSSR count).